The van der Waals surface area contributed by atoms with Crippen LogP contribution in [0.1, 0.15) is 25.3 Å². The Kier molecular flexibility index (Phi) is 7.05. The Morgan fingerprint density at radius 3 is 2.19 bits per heavy atom. The number of piperazine rings is 1. The highest BCUT2D eigenvalue weighted by Crippen LogP contribution is 2.21. The van der Waals surface area contributed by atoms with E-state index in [1.807, 2.05) is 6.92 Å². The van der Waals surface area contributed by atoms with Gasteiger partial charge < -0.3 is 4.90 Å². The number of hydrogen-bond acceptors (Lipinski definition) is 4. The van der Waals surface area contributed by atoms with Gasteiger partial charge in [-0.3, -0.25) is 4.90 Å². The minimum absolute atomic E-state index is 0.454. The largest absolute Gasteiger partial charge is 0.301 e. The van der Waals surface area contributed by atoms with E-state index in [-0.39, 0.29) is 0 Å². The van der Waals surface area contributed by atoms with E-state index in [2.05, 4.69) is 44.9 Å². The minimum Gasteiger partial charge on any atom is -0.301 e. The van der Waals surface area contributed by atoms with E-state index < -0.39 is 10.2 Å². The Morgan fingerprint density at radius 2 is 1.58 bits per heavy atom. The molecule has 0 spiro atoms. The Bertz CT molecular complexity index is 637. The predicted molar refractivity (Wildman–Crippen MR) is 105 cm³/mol. The lowest BCUT2D eigenvalue weighted by Gasteiger charge is -2.38. The highest BCUT2D eigenvalue weighted by molar-refractivity contribution is 7.87. The molecule has 0 aliphatic carbocycles. The van der Waals surface area contributed by atoms with Crippen LogP contribution in [0.4, 0.5) is 0 Å². The van der Waals surface area contributed by atoms with Crippen LogP contribution >= 0.6 is 0 Å². The molecule has 6 nitrogen and oxygen atoms in total. The molecule has 0 saturated carbocycles. The van der Waals surface area contributed by atoms with Gasteiger partial charge in [0.1, 0.15) is 0 Å². The van der Waals surface area contributed by atoms with Gasteiger partial charge in [-0.25, -0.2) is 4.72 Å². The van der Waals surface area contributed by atoms with E-state index in [1.54, 1.807) is 4.31 Å². The fourth-order valence-electron chi connectivity index (χ4n) is 3.94. The Labute approximate surface area is 158 Å². The standard InChI is InChI=1S/C19H32N4O2S/c1-2-20-26(24,25)23-10-8-19(9-11-23)17-22-14-12-21(13-15-22)16-18-6-4-3-5-7-18/h3-7,19-20H,2,8-17H2,1H3. The summed E-state index contributed by atoms with van der Waals surface area (Å²) in [6, 6.07) is 10.7. The van der Waals surface area contributed by atoms with Crippen molar-refractivity contribution in [1.29, 1.82) is 0 Å². The summed E-state index contributed by atoms with van der Waals surface area (Å²) in [6.45, 7) is 10.2. The van der Waals surface area contributed by atoms with E-state index in [1.165, 1.54) is 5.56 Å². The van der Waals surface area contributed by atoms with Crippen LogP contribution in [0.3, 0.4) is 0 Å². The molecule has 2 heterocycles. The van der Waals surface area contributed by atoms with Crippen molar-refractivity contribution in [3.05, 3.63) is 35.9 Å². The van der Waals surface area contributed by atoms with Crippen LogP contribution < -0.4 is 4.72 Å². The molecular formula is C19H32N4O2S. The van der Waals surface area contributed by atoms with Gasteiger partial charge in [0.25, 0.3) is 10.2 Å². The van der Waals surface area contributed by atoms with Crippen molar-refractivity contribution in [3.63, 3.8) is 0 Å². The van der Waals surface area contributed by atoms with E-state index in [9.17, 15) is 8.42 Å². The average Bonchev–Trinajstić information content (AvgIpc) is 2.65. The number of nitrogens with zero attached hydrogens (tertiary/aromatic N) is 3. The number of hydrogen-bond donors (Lipinski definition) is 1. The third-order valence-electron chi connectivity index (χ3n) is 5.47. The fourth-order valence-corrected chi connectivity index (χ4v) is 5.18. The van der Waals surface area contributed by atoms with Gasteiger partial charge in [0.15, 0.2) is 0 Å². The molecule has 146 valence electrons. The van der Waals surface area contributed by atoms with Crippen molar-refractivity contribution in [1.82, 2.24) is 18.8 Å². The maximum atomic E-state index is 12.1. The van der Waals surface area contributed by atoms with Crippen LogP contribution in [0, 0.1) is 5.92 Å². The molecule has 0 amide bonds. The first-order valence-corrected chi connectivity index (χ1v) is 11.2. The molecule has 26 heavy (non-hydrogen) atoms. The third kappa shape index (κ3) is 5.50. The van der Waals surface area contributed by atoms with Crippen LogP contribution in [-0.2, 0) is 16.8 Å². The fraction of sp³-hybridized carbons (Fsp3) is 0.684. The molecule has 3 rings (SSSR count). The average molecular weight is 381 g/mol. The normalized spacial score (nSPS) is 21.9. The van der Waals surface area contributed by atoms with E-state index in [0.29, 0.717) is 25.6 Å². The molecule has 2 aliphatic rings. The van der Waals surface area contributed by atoms with Crippen molar-refractivity contribution in [2.24, 2.45) is 5.92 Å². The maximum absolute atomic E-state index is 12.1. The molecule has 2 aliphatic heterocycles. The van der Waals surface area contributed by atoms with Gasteiger partial charge in [-0.2, -0.15) is 12.7 Å². The van der Waals surface area contributed by atoms with Crippen LogP contribution in [0.2, 0.25) is 0 Å². The Morgan fingerprint density at radius 1 is 0.962 bits per heavy atom. The zero-order valence-electron chi connectivity index (χ0n) is 15.8. The minimum atomic E-state index is -3.26. The summed E-state index contributed by atoms with van der Waals surface area (Å²) in [6.07, 6.45) is 1.93. The molecule has 0 bridgehead atoms. The summed E-state index contributed by atoms with van der Waals surface area (Å²) in [5.41, 5.74) is 1.38. The first kappa shape index (κ1) is 19.8. The van der Waals surface area contributed by atoms with Gasteiger partial charge in [-0.05, 0) is 24.3 Å². The summed E-state index contributed by atoms with van der Waals surface area (Å²) in [5, 5.41) is 0. The molecule has 1 aromatic carbocycles. The molecule has 1 aromatic rings. The topological polar surface area (TPSA) is 55.9 Å². The van der Waals surface area contributed by atoms with Crippen LogP contribution in [-0.4, -0.2) is 74.9 Å². The Hall–Kier alpha value is -0.990. The second-order valence-electron chi connectivity index (χ2n) is 7.41. The number of benzene rings is 1. The third-order valence-corrected chi connectivity index (χ3v) is 7.17. The van der Waals surface area contributed by atoms with Gasteiger partial charge in [0.05, 0.1) is 0 Å². The summed E-state index contributed by atoms with van der Waals surface area (Å²) in [7, 11) is -3.26. The second-order valence-corrected chi connectivity index (χ2v) is 9.16. The lowest BCUT2D eigenvalue weighted by Crippen LogP contribution is -2.49. The van der Waals surface area contributed by atoms with Crippen molar-refractivity contribution in [3.8, 4) is 0 Å². The van der Waals surface area contributed by atoms with E-state index in [0.717, 1.165) is 52.1 Å². The van der Waals surface area contributed by atoms with Gasteiger partial charge in [0, 0.05) is 58.9 Å². The molecule has 0 atom stereocenters. The van der Waals surface area contributed by atoms with Crippen molar-refractivity contribution >= 4 is 10.2 Å². The first-order valence-electron chi connectivity index (χ1n) is 9.80. The molecule has 7 heteroatoms. The molecule has 0 radical (unpaired) electrons. The summed E-state index contributed by atoms with van der Waals surface area (Å²) >= 11 is 0. The molecular weight excluding hydrogens is 348 g/mol. The van der Waals surface area contributed by atoms with Crippen molar-refractivity contribution in [2.75, 3.05) is 52.4 Å². The van der Waals surface area contributed by atoms with E-state index in [4.69, 9.17) is 0 Å². The maximum Gasteiger partial charge on any atom is 0.279 e. The lowest BCUT2D eigenvalue weighted by molar-refractivity contribution is 0.102. The predicted octanol–water partition coefficient (Wildman–Crippen LogP) is 1.37. The summed E-state index contributed by atoms with van der Waals surface area (Å²) in [4.78, 5) is 5.08. The molecule has 2 saturated heterocycles. The van der Waals surface area contributed by atoms with Gasteiger partial charge in [0.2, 0.25) is 0 Å². The summed E-state index contributed by atoms with van der Waals surface area (Å²) < 4.78 is 28.3. The monoisotopic (exact) mass is 380 g/mol. The molecule has 0 aromatic heterocycles. The number of rotatable bonds is 7. The first-order chi connectivity index (χ1) is 12.6. The highest BCUT2D eigenvalue weighted by atomic mass is 32.2. The Balaban J connectivity index is 1.38. The van der Waals surface area contributed by atoms with Crippen LogP contribution in [0.15, 0.2) is 30.3 Å². The lowest BCUT2D eigenvalue weighted by atomic mass is 9.97. The highest BCUT2D eigenvalue weighted by Gasteiger charge is 2.29. The van der Waals surface area contributed by atoms with E-state index >= 15 is 0 Å². The van der Waals surface area contributed by atoms with Crippen LogP contribution in [0.25, 0.3) is 0 Å². The zero-order chi connectivity index (χ0) is 18.4. The number of nitrogens with one attached hydrogen (secondary N) is 1. The SMILES string of the molecule is CCNS(=O)(=O)N1CCC(CN2CCN(Cc3ccccc3)CC2)CC1. The van der Waals surface area contributed by atoms with Crippen molar-refractivity contribution < 1.29 is 8.42 Å². The molecule has 1 N–H and O–H groups in total. The quantitative estimate of drug-likeness (QED) is 0.776. The second kappa shape index (κ2) is 9.28. The van der Waals surface area contributed by atoms with Gasteiger partial charge in [-0.15, -0.1) is 0 Å². The molecule has 0 unspecified atom stereocenters. The zero-order valence-corrected chi connectivity index (χ0v) is 16.6. The van der Waals surface area contributed by atoms with Gasteiger partial charge >= 0.3 is 0 Å². The smallest absolute Gasteiger partial charge is 0.279 e. The number of piperidine rings is 1. The summed E-state index contributed by atoms with van der Waals surface area (Å²) in [5.74, 6) is 0.615. The van der Waals surface area contributed by atoms with Crippen molar-refractivity contribution in [2.45, 2.75) is 26.3 Å². The molecule has 2 fully saturated rings. The van der Waals surface area contributed by atoms with Gasteiger partial charge in [-0.1, -0.05) is 37.3 Å². The van der Waals surface area contributed by atoms with Crippen LogP contribution in [0.5, 0.6) is 0 Å².